The summed E-state index contributed by atoms with van der Waals surface area (Å²) in [5.41, 5.74) is 8.79. The van der Waals surface area contributed by atoms with Gasteiger partial charge in [-0.3, -0.25) is 0 Å². The zero-order valence-electron chi connectivity index (χ0n) is 11.3. The standard InChI is InChI=1S/C15H20N2S/c1-14(2,3)13-17-11-9-10(5-6-12(11)18-13)15(16)7-4-8-15/h5-6,9H,4,7-8,16H2,1-3H3. The number of benzene rings is 1. The van der Waals surface area contributed by atoms with Gasteiger partial charge in [0.1, 0.15) is 0 Å². The molecule has 2 nitrogen and oxygen atoms in total. The molecule has 0 atom stereocenters. The van der Waals surface area contributed by atoms with Crippen molar-refractivity contribution in [3.05, 3.63) is 28.8 Å². The van der Waals surface area contributed by atoms with Crippen molar-refractivity contribution >= 4 is 21.6 Å². The minimum atomic E-state index is -0.0836. The molecule has 1 aromatic heterocycles. The summed E-state index contributed by atoms with van der Waals surface area (Å²) in [6, 6.07) is 6.57. The third kappa shape index (κ3) is 1.86. The molecular weight excluding hydrogens is 240 g/mol. The van der Waals surface area contributed by atoms with Gasteiger partial charge in [0.05, 0.1) is 15.2 Å². The largest absolute Gasteiger partial charge is 0.321 e. The number of hydrogen-bond acceptors (Lipinski definition) is 3. The number of rotatable bonds is 1. The highest BCUT2D eigenvalue weighted by molar-refractivity contribution is 7.18. The van der Waals surface area contributed by atoms with Crippen LogP contribution in [0.15, 0.2) is 18.2 Å². The molecular formula is C15H20N2S. The molecule has 1 aliphatic carbocycles. The van der Waals surface area contributed by atoms with E-state index in [-0.39, 0.29) is 11.0 Å². The molecule has 2 N–H and O–H groups in total. The van der Waals surface area contributed by atoms with Gasteiger partial charge in [-0.1, -0.05) is 26.8 Å². The van der Waals surface area contributed by atoms with E-state index >= 15 is 0 Å². The lowest BCUT2D eigenvalue weighted by molar-refractivity contribution is 0.254. The summed E-state index contributed by atoms with van der Waals surface area (Å²) < 4.78 is 1.27. The number of thiazole rings is 1. The van der Waals surface area contributed by atoms with E-state index in [9.17, 15) is 0 Å². The maximum atomic E-state index is 6.38. The number of aromatic nitrogens is 1. The van der Waals surface area contributed by atoms with Crippen molar-refractivity contribution in [3.8, 4) is 0 Å². The second kappa shape index (κ2) is 3.78. The van der Waals surface area contributed by atoms with Crippen LogP contribution in [0, 0.1) is 0 Å². The Morgan fingerprint density at radius 3 is 2.56 bits per heavy atom. The number of nitrogens with zero attached hydrogens (tertiary/aromatic N) is 1. The van der Waals surface area contributed by atoms with Gasteiger partial charge in [-0.15, -0.1) is 11.3 Å². The van der Waals surface area contributed by atoms with Crippen LogP contribution in [0.3, 0.4) is 0 Å². The Balaban J connectivity index is 2.07. The number of hydrogen-bond donors (Lipinski definition) is 1. The lowest BCUT2D eigenvalue weighted by Crippen LogP contribution is -2.43. The van der Waals surface area contributed by atoms with Gasteiger partial charge in [0.2, 0.25) is 0 Å². The number of nitrogens with two attached hydrogens (primary N) is 1. The zero-order chi connectivity index (χ0) is 13.0. The SMILES string of the molecule is CC(C)(C)c1nc2cc(C3(N)CCC3)ccc2s1. The van der Waals surface area contributed by atoms with Crippen LogP contribution in [-0.2, 0) is 11.0 Å². The molecule has 1 aromatic carbocycles. The molecule has 1 saturated carbocycles. The topological polar surface area (TPSA) is 38.9 Å². The van der Waals surface area contributed by atoms with E-state index in [2.05, 4.69) is 39.0 Å². The minimum Gasteiger partial charge on any atom is -0.321 e. The molecule has 18 heavy (non-hydrogen) atoms. The van der Waals surface area contributed by atoms with E-state index in [0.29, 0.717) is 0 Å². The molecule has 1 aliphatic rings. The summed E-state index contributed by atoms with van der Waals surface area (Å²) in [5.74, 6) is 0. The fourth-order valence-electron chi connectivity index (χ4n) is 2.40. The Labute approximate surface area is 112 Å². The molecule has 0 bridgehead atoms. The molecule has 0 saturated heterocycles. The lowest BCUT2D eigenvalue weighted by Gasteiger charge is -2.38. The van der Waals surface area contributed by atoms with Crippen LogP contribution in [0.25, 0.3) is 10.2 Å². The summed E-state index contributed by atoms with van der Waals surface area (Å²) in [4.78, 5) is 4.78. The molecule has 3 heteroatoms. The van der Waals surface area contributed by atoms with E-state index in [4.69, 9.17) is 10.7 Å². The maximum absolute atomic E-state index is 6.38. The lowest BCUT2D eigenvalue weighted by atomic mass is 9.73. The monoisotopic (exact) mass is 260 g/mol. The van der Waals surface area contributed by atoms with Gasteiger partial charge in [-0.2, -0.15) is 0 Å². The number of fused-ring (bicyclic) bond motifs is 1. The third-order valence-corrected chi connectivity index (χ3v) is 5.31. The quantitative estimate of drug-likeness (QED) is 0.843. The van der Waals surface area contributed by atoms with Gasteiger partial charge in [0, 0.05) is 11.0 Å². The zero-order valence-corrected chi connectivity index (χ0v) is 12.1. The van der Waals surface area contributed by atoms with Gasteiger partial charge < -0.3 is 5.73 Å². The minimum absolute atomic E-state index is 0.0836. The van der Waals surface area contributed by atoms with Crippen LogP contribution in [0.5, 0.6) is 0 Å². The molecule has 0 unspecified atom stereocenters. The van der Waals surface area contributed by atoms with Crippen molar-refractivity contribution in [2.75, 3.05) is 0 Å². The van der Waals surface area contributed by atoms with Crippen molar-refractivity contribution in [1.82, 2.24) is 4.98 Å². The summed E-state index contributed by atoms with van der Waals surface area (Å²) >= 11 is 1.80. The first-order valence-electron chi connectivity index (χ1n) is 6.59. The second-order valence-corrected chi connectivity index (χ2v) is 7.49. The van der Waals surface area contributed by atoms with Crippen molar-refractivity contribution < 1.29 is 0 Å². The first-order valence-corrected chi connectivity index (χ1v) is 7.41. The fourth-order valence-corrected chi connectivity index (χ4v) is 3.41. The third-order valence-electron chi connectivity index (χ3n) is 3.85. The maximum Gasteiger partial charge on any atom is 0.0992 e. The molecule has 0 amide bonds. The van der Waals surface area contributed by atoms with Crippen LogP contribution in [0.1, 0.15) is 50.6 Å². The molecule has 1 heterocycles. The molecule has 0 spiro atoms. The Morgan fingerprint density at radius 2 is 2.00 bits per heavy atom. The predicted molar refractivity (Wildman–Crippen MR) is 78.0 cm³/mol. The average Bonchev–Trinajstić information content (AvgIpc) is 2.68. The Kier molecular flexibility index (Phi) is 2.55. The molecule has 2 aromatic rings. The van der Waals surface area contributed by atoms with E-state index in [1.807, 2.05) is 0 Å². The average molecular weight is 260 g/mol. The van der Waals surface area contributed by atoms with E-state index in [1.54, 1.807) is 11.3 Å². The Bertz CT molecular complexity index is 588. The highest BCUT2D eigenvalue weighted by Gasteiger charge is 2.34. The van der Waals surface area contributed by atoms with Crippen LogP contribution < -0.4 is 5.73 Å². The van der Waals surface area contributed by atoms with Gasteiger partial charge >= 0.3 is 0 Å². The molecule has 0 aliphatic heterocycles. The molecule has 1 fully saturated rings. The van der Waals surface area contributed by atoms with Crippen LogP contribution in [0.2, 0.25) is 0 Å². The Hall–Kier alpha value is -0.930. The summed E-state index contributed by atoms with van der Waals surface area (Å²) in [7, 11) is 0. The van der Waals surface area contributed by atoms with Gasteiger partial charge in [0.15, 0.2) is 0 Å². The van der Waals surface area contributed by atoms with Crippen molar-refractivity contribution in [1.29, 1.82) is 0 Å². The smallest absolute Gasteiger partial charge is 0.0992 e. The summed E-state index contributed by atoms with van der Waals surface area (Å²) in [6.45, 7) is 6.63. The van der Waals surface area contributed by atoms with Crippen molar-refractivity contribution in [3.63, 3.8) is 0 Å². The van der Waals surface area contributed by atoms with Crippen LogP contribution in [0.4, 0.5) is 0 Å². The second-order valence-electron chi connectivity index (χ2n) is 6.46. The predicted octanol–water partition coefficient (Wildman–Crippen LogP) is 3.93. The Morgan fingerprint density at radius 1 is 1.28 bits per heavy atom. The highest BCUT2D eigenvalue weighted by Crippen LogP contribution is 2.40. The van der Waals surface area contributed by atoms with Crippen LogP contribution >= 0.6 is 11.3 Å². The van der Waals surface area contributed by atoms with Crippen molar-refractivity contribution in [2.24, 2.45) is 5.73 Å². The van der Waals surface area contributed by atoms with Crippen LogP contribution in [-0.4, -0.2) is 4.98 Å². The van der Waals surface area contributed by atoms with Crippen molar-refractivity contribution in [2.45, 2.75) is 51.0 Å². The van der Waals surface area contributed by atoms with E-state index in [0.717, 1.165) is 18.4 Å². The summed E-state index contributed by atoms with van der Waals surface area (Å²) in [5, 5.41) is 1.20. The van der Waals surface area contributed by atoms with E-state index in [1.165, 1.54) is 21.7 Å². The molecule has 3 rings (SSSR count). The first kappa shape index (κ1) is 12.1. The van der Waals surface area contributed by atoms with Gasteiger partial charge in [0.25, 0.3) is 0 Å². The molecule has 0 radical (unpaired) electrons. The molecule has 96 valence electrons. The highest BCUT2D eigenvalue weighted by atomic mass is 32.1. The van der Waals surface area contributed by atoms with E-state index < -0.39 is 0 Å². The normalized spacial score (nSPS) is 18.9. The fraction of sp³-hybridized carbons (Fsp3) is 0.533. The first-order chi connectivity index (χ1) is 8.38. The summed E-state index contributed by atoms with van der Waals surface area (Å²) in [6.07, 6.45) is 3.46. The van der Waals surface area contributed by atoms with Gasteiger partial charge in [-0.25, -0.2) is 4.98 Å². The van der Waals surface area contributed by atoms with Gasteiger partial charge in [-0.05, 0) is 37.0 Å².